The van der Waals surface area contributed by atoms with Gasteiger partial charge in [0.2, 0.25) is 0 Å². The van der Waals surface area contributed by atoms with Crippen LogP contribution in [0, 0.1) is 0 Å². The van der Waals surface area contributed by atoms with Crippen LogP contribution >= 0.6 is 23.2 Å². The van der Waals surface area contributed by atoms with Gasteiger partial charge in [0.25, 0.3) is 0 Å². The minimum absolute atomic E-state index is 0.149. The molecule has 1 aromatic heterocycles. The number of esters is 1. The molecule has 0 fully saturated rings. The van der Waals surface area contributed by atoms with Gasteiger partial charge in [-0.2, -0.15) is 5.10 Å². The number of urea groups is 1. The molecule has 3 aromatic carbocycles. The number of fused-ring (bicyclic) bond motifs is 1. The summed E-state index contributed by atoms with van der Waals surface area (Å²) in [5, 5.41) is 22.3. The Morgan fingerprint density at radius 2 is 1.93 bits per heavy atom. The van der Waals surface area contributed by atoms with Crippen LogP contribution in [0.15, 0.2) is 83.2 Å². The van der Waals surface area contributed by atoms with E-state index in [1.54, 1.807) is 37.4 Å². The predicted molar refractivity (Wildman–Crippen MR) is 176 cm³/mol. The van der Waals surface area contributed by atoms with E-state index in [0.717, 1.165) is 22.0 Å². The molecule has 2 heterocycles. The first-order valence-corrected chi connectivity index (χ1v) is 15.2. The molecule has 0 radical (unpaired) electrons. The maximum absolute atomic E-state index is 12.5. The van der Waals surface area contributed by atoms with Crippen LogP contribution in [0.25, 0.3) is 10.9 Å². The molecule has 0 aliphatic carbocycles. The van der Waals surface area contributed by atoms with Crippen LogP contribution in [0.3, 0.4) is 0 Å². The molecule has 11 nitrogen and oxygen atoms in total. The number of hydrogen-bond acceptors (Lipinski definition) is 8. The summed E-state index contributed by atoms with van der Waals surface area (Å²) in [7, 11) is 1.28. The molecule has 0 saturated carbocycles. The van der Waals surface area contributed by atoms with Crippen LogP contribution in [0.2, 0.25) is 10.0 Å². The first-order chi connectivity index (χ1) is 22.2. The molecule has 240 valence electrons. The highest BCUT2D eigenvalue weighted by Crippen LogP contribution is 2.35. The molecule has 4 aromatic rings. The van der Waals surface area contributed by atoms with E-state index in [1.807, 2.05) is 49.5 Å². The van der Waals surface area contributed by atoms with Crippen molar-refractivity contribution in [1.29, 1.82) is 0 Å². The standard InChI is InChI=1S/C33H33Cl2N5O6/c1-4-45-28-13-20(31-30(32(42)44-3)19(2)37-33(43)38-31)10-12-27(28)46-18-29(41)39-36-15-22-17-40(26-8-6-5-7-24(22)26)16-21-9-11-23(34)14-25(21)35/h5-15,17,29,31,39,41H,4,16,18H2,1-3H3,(H2,37,38,43)/b36-15+/t29-,31-/m0/s1. The van der Waals surface area contributed by atoms with Crippen molar-refractivity contribution in [3.05, 3.63) is 105 Å². The highest BCUT2D eigenvalue weighted by Gasteiger charge is 2.32. The van der Waals surface area contributed by atoms with E-state index in [0.29, 0.717) is 46.0 Å². The molecule has 2 atom stereocenters. The summed E-state index contributed by atoms with van der Waals surface area (Å²) in [6.45, 7) is 4.17. The van der Waals surface area contributed by atoms with Gasteiger partial charge < -0.3 is 34.5 Å². The Bertz CT molecular complexity index is 1820. The summed E-state index contributed by atoms with van der Waals surface area (Å²) in [5.74, 6) is 0.164. The van der Waals surface area contributed by atoms with Crippen LogP contribution in [0.1, 0.15) is 36.6 Å². The number of carbonyl (C=O) groups is 2. The van der Waals surface area contributed by atoms with Gasteiger partial charge in [-0.1, -0.05) is 53.5 Å². The van der Waals surface area contributed by atoms with Gasteiger partial charge in [-0.05, 0) is 55.3 Å². The van der Waals surface area contributed by atoms with Gasteiger partial charge in [-0.3, -0.25) is 5.43 Å². The van der Waals surface area contributed by atoms with E-state index in [1.165, 1.54) is 7.11 Å². The molecule has 13 heteroatoms. The van der Waals surface area contributed by atoms with Crippen molar-refractivity contribution in [2.75, 3.05) is 20.3 Å². The van der Waals surface area contributed by atoms with Crippen molar-refractivity contribution in [3.63, 3.8) is 0 Å². The van der Waals surface area contributed by atoms with Crippen molar-refractivity contribution < 1.29 is 28.9 Å². The Labute approximate surface area is 275 Å². The number of amides is 2. The molecule has 0 spiro atoms. The summed E-state index contributed by atoms with van der Waals surface area (Å²) < 4.78 is 18.6. The lowest BCUT2D eigenvalue weighted by Crippen LogP contribution is -2.45. The number of ether oxygens (including phenoxy) is 3. The number of carbonyl (C=O) groups excluding carboxylic acids is 2. The highest BCUT2D eigenvalue weighted by atomic mass is 35.5. The van der Waals surface area contributed by atoms with Crippen molar-refractivity contribution in [2.45, 2.75) is 32.7 Å². The largest absolute Gasteiger partial charge is 0.490 e. The van der Waals surface area contributed by atoms with E-state index in [4.69, 9.17) is 37.4 Å². The van der Waals surface area contributed by atoms with E-state index in [9.17, 15) is 14.7 Å². The van der Waals surface area contributed by atoms with Crippen molar-refractivity contribution in [2.24, 2.45) is 5.10 Å². The smallest absolute Gasteiger partial charge is 0.337 e. The Morgan fingerprint density at radius 3 is 2.70 bits per heavy atom. The number of halogens is 2. The molecule has 5 rings (SSSR count). The highest BCUT2D eigenvalue weighted by molar-refractivity contribution is 6.35. The number of aliphatic hydroxyl groups is 1. The monoisotopic (exact) mass is 665 g/mol. The van der Waals surface area contributed by atoms with Gasteiger partial charge >= 0.3 is 12.0 Å². The van der Waals surface area contributed by atoms with Crippen LogP contribution in [0.5, 0.6) is 11.5 Å². The minimum Gasteiger partial charge on any atom is -0.490 e. The minimum atomic E-state index is -1.15. The van der Waals surface area contributed by atoms with E-state index in [2.05, 4.69) is 25.7 Å². The molecule has 1 aliphatic heterocycles. The first-order valence-electron chi connectivity index (χ1n) is 14.4. The lowest BCUT2D eigenvalue weighted by Gasteiger charge is -2.28. The molecule has 1 aliphatic rings. The summed E-state index contributed by atoms with van der Waals surface area (Å²) in [4.78, 5) is 24.7. The number of hydrogen-bond donors (Lipinski definition) is 4. The number of hydrazone groups is 1. The SMILES string of the molecule is CCOc1cc([C@@H]2NC(=O)NC(C)=C2C(=O)OC)ccc1OC[C@H](O)N/N=C/c1cn(Cc2ccc(Cl)cc2Cl)c2ccccc12. The zero-order chi connectivity index (χ0) is 32.8. The van der Waals surface area contributed by atoms with Gasteiger partial charge in [0.1, 0.15) is 6.61 Å². The normalized spacial score (nSPS) is 15.4. The third-order valence-electron chi connectivity index (χ3n) is 7.27. The molecule has 0 saturated heterocycles. The molecule has 2 amide bonds. The lowest BCUT2D eigenvalue weighted by molar-refractivity contribution is -0.136. The van der Waals surface area contributed by atoms with Crippen LogP contribution in [-0.4, -0.2) is 54.4 Å². The fourth-order valence-corrected chi connectivity index (χ4v) is 5.63. The number of para-hydroxylation sites is 1. The van der Waals surface area contributed by atoms with Crippen molar-refractivity contribution in [1.82, 2.24) is 20.6 Å². The molecule has 46 heavy (non-hydrogen) atoms. The van der Waals surface area contributed by atoms with Crippen LogP contribution < -0.4 is 25.5 Å². The van der Waals surface area contributed by atoms with Crippen molar-refractivity contribution >= 4 is 52.3 Å². The third kappa shape index (κ3) is 7.39. The second-order valence-corrected chi connectivity index (χ2v) is 11.2. The van der Waals surface area contributed by atoms with Gasteiger partial charge in [-0.15, -0.1) is 0 Å². The first kappa shape index (κ1) is 32.7. The zero-order valence-electron chi connectivity index (χ0n) is 25.3. The topological polar surface area (TPSA) is 135 Å². The Kier molecular flexibility index (Phi) is 10.4. The molecule has 4 N–H and O–H groups in total. The fraction of sp³-hybridized carbons (Fsp3) is 0.242. The third-order valence-corrected chi connectivity index (χ3v) is 7.86. The van der Waals surface area contributed by atoms with E-state index < -0.39 is 24.3 Å². The molecule has 0 bridgehead atoms. The number of nitrogens with one attached hydrogen (secondary N) is 3. The Balaban J connectivity index is 1.26. The zero-order valence-corrected chi connectivity index (χ0v) is 26.9. The van der Waals surface area contributed by atoms with Crippen LogP contribution in [0.4, 0.5) is 4.79 Å². The van der Waals surface area contributed by atoms with Gasteiger partial charge in [0, 0.05) is 45.0 Å². The number of aromatic nitrogens is 1. The summed E-state index contributed by atoms with van der Waals surface area (Å²) in [5.41, 5.74) is 6.71. The summed E-state index contributed by atoms with van der Waals surface area (Å²) in [6.07, 6.45) is 2.45. The molecular weight excluding hydrogens is 633 g/mol. The second-order valence-electron chi connectivity index (χ2n) is 10.4. The summed E-state index contributed by atoms with van der Waals surface area (Å²) >= 11 is 12.5. The maximum atomic E-state index is 12.5. The van der Waals surface area contributed by atoms with Gasteiger partial charge in [0.05, 0.1) is 31.5 Å². The van der Waals surface area contributed by atoms with E-state index >= 15 is 0 Å². The van der Waals surface area contributed by atoms with Gasteiger partial charge in [-0.25, -0.2) is 9.59 Å². The van der Waals surface area contributed by atoms with Crippen LogP contribution in [-0.2, 0) is 16.1 Å². The maximum Gasteiger partial charge on any atom is 0.337 e. The number of benzene rings is 3. The quantitative estimate of drug-likeness (QED) is 0.0678. The van der Waals surface area contributed by atoms with Gasteiger partial charge in [0.15, 0.2) is 17.7 Å². The summed E-state index contributed by atoms with van der Waals surface area (Å²) in [6, 6.07) is 17.2. The number of nitrogens with zero attached hydrogens (tertiary/aromatic N) is 2. The average Bonchev–Trinajstić information content (AvgIpc) is 3.38. The fourth-order valence-electron chi connectivity index (χ4n) is 5.16. The van der Waals surface area contributed by atoms with Crippen molar-refractivity contribution in [3.8, 4) is 11.5 Å². The number of aliphatic hydroxyl groups excluding tert-OH is 1. The predicted octanol–water partition coefficient (Wildman–Crippen LogP) is 5.52. The second kappa shape index (κ2) is 14.6. The molecular formula is C33H33Cl2N5O6. The Morgan fingerprint density at radius 1 is 1.13 bits per heavy atom. The number of methoxy groups -OCH3 is 1. The number of rotatable bonds is 12. The Hall–Kier alpha value is -4.71. The molecule has 0 unspecified atom stereocenters. The van der Waals surface area contributed by atoms with E-state index in [-0.39, 0.29) is 12.2 Å². The number of allylic oxidation sites excluding steroid dienone is 1. The average molecular weight is 667 g/mol. The lowest BCUT2D eigenvalue weighted by atomic mass is 9.95.